The topological polar surface area (TPSA) is 66.0 Å². The predicted molar refractivity (Wildman–Crippen MR) is 106 cm³/mol. The molecule has 0 amide bonds. The van der Waals surface area contributed by atoms with Gasteiger partial charge in [-0.05, 0) is 57.2 Å². The van der Waals surface area contributed by atoms with Gasteiger partial charge in [-0.15, -0.1) is 0 Å². The third-order valence-corrected chi connectivity index (χ3v) is 5.15. The quantitative estimate of drug-likeness (QED) is 0.440. The first-order chi connectivity index (χ1) is 13.2. The molecule has 0 saturated heterocycles. The van der Waals surface area contributed by atoms with Crippen LogP contribution in [0.1, 0.15) is 30.8 Å². The highest BCUT2D eigenvalue weighted by molar-refractivity contribution is 7.99. The van der Waals surface area contributed by atoms with Gasteiger partial charge in [-0.25, -0.2) is 4.98 Å². The van der Waals surface area contributed by atoms with Gasteiger partial charge in [-0.1, -0.05) is 29.1 Å². The van der Waals surface area contributed by atoms with Gasteiger partial charge in [0, 0.05) is 5.69 Å². The molecule has 0 aliphatic rings. The SMILES string of the molecule is CCOc1ccc(-n2c(SC(C)c3nc(C)no3)nc3ccccc32)cc1. The van der Waals surface area contributed by atoms with Crippen LogP contribution in [0.4, 0.5) is 0 Å². The molecule has 0 aliphatic carbocycles. The number of aromatic nitrogens is 4. The minimum atomic E-state index is -0.00976. The van der Waals surface area contributed by atoms with E-state index in [4.69, 9.17) is 14.2 Å². The van der Waals surface area contributed by atoms with Crippen LogP contribution >= 0.6 is 11.8 Å². The van der Waals surface area contributed by atoms with Gasteiger partial charge in [-0.2, -0.15) is 4.98 Å². The Morgan fingerprint density at radius 3 is 2.59 bits per heavy atom. The molecule has 138 valence electrons. The summed E-state index contributed by atoms with van der Waals surface area (Å²) in [5.74, 6) is 2.09. The monoisotopic (exact) mass is 380 g/mol. The standard InChI is InChI=1S/C20H20N4O2S/c1-4-25-16-11-9-15(10-12-16)24-18-8-6-5-7-17(18)22-20(24)27-13(2)19-21-14(3)23-26-19/h5-13H,4H2,1-3H3. The number of thioether (sulfide) groups is 1. The molecule has 1 atom stereocenters. The summed E-state index contributed by atoms with van der Waals surface area (Å²) >= 11 is 1.60. The number of hydrogen-bond acceptors (Lipinski definition) is 6. The largest absolute Gasteiger partial charge is 0.494 e. The Kier molecular flexibility index (Phi) is 4.85. The molecule has 0 saturated carbocycles. The molecule has 0 bridgehead atoms. The van der Waals surface area contributed by atoms with Crippen LogP contribution < -0.4 is 4.74 Å². The van der Waals surface area contributed by atoms with Crippen LogP contribution in [0.25, 0.3) is 16.7 Å². The van der Waals surface area contributed by atoms with E-state index in [0.29, 0.717) is 18.3 Å². The summed E-state index contributed by atoms with van der Waals surface area (Å²) in [6.45, 7) is 6.49. The highest BCUT2D eigenvalue weighted by Gasteiger charge is 2.20. The van der Waals surface area contributed by atoms with Crippen LogP contribution in [-0.4, -0.2) is 26.3 Å². The fourth-order valence-corrected chi connectivity index (χ4v) is 3.85. The second-order valence-corrected chi connectivity index (χ2v) is 7.39. The molecule has 2 aromatic heterocycles. The van der Waals surface area contributed by atoms with Crippen LogP contribution in [0.3, 0.4) is 0 Å². The van der Waals surface area contributed by atoms with Gasteiger partial charge in [0.25, 0.3) is 0 Å². The van der Waals surface area contributed by atoms with E-state index in [0.717, 1.165) is 27.6 Å². The first-order valence-corrected chi connectivity index (χ1v) is 9.71. The molecular formula is C20H20N4O2S. The molecule has 0 radical (unpaired) electrons. The minimum absolute atomic E-state index is 0.00976. The van der Waals surface area contributed by atoms with Gasteiger partial charge in [0.15, 0.2) is 11.0 Å². The Hall–Kier alpha value is -2.80. The number of aryl methyl sites for hydroxylation is 1. The van der Waals surface area contributed by atoms with E-state index < -0.39 is 0 Å². The van der Waals surface area contributed by atoms with Crippen LogP contribution in [0, 0.1) is 6.92 Å². The average molecular weight is 380 g/mol. The molecule has 2 heterocycles. The normalized spacial score (nSPS) is 12.4. The van der Waals surface area contributed by atoms with E-state index >= 15 is 0 Å². The van der Waals surface area contributed by atoms with Gasteiger partial charge in [0.05, 0.1) is 22.9 Å². The zero-order chi connectivity index (χ0) is 18.8. The number of hydrogen-bond donors (Lipinski definition) is 0. The zero-order valence-corrected chi connectivity index (χ0v) is 16.2. The van der Waals surface area contributed by atoms with Crippen molar-refractivity contribution in [1.29, 1.82) is 0 Å². The maximum Gasteiger partial charge on any atom is 0.239 e. The maximum atomic E-state index is 5.56. The number of imidazole rings is 1. The van der Waals surface area contributed by atoms with Gasteiger partial charge >= 0.3 is 0 Å². The Balaban J connectivity index is 1.75. The van der Waals surface area contributed by atoms with E-state index in [9.17, 15) is 0 Å². The molecule has 0 fully saturated rings. The highest BCUT2D eigenvalue weighted by atomic mass is 32.2. The number of para-hydroxylation sites is 2. The molecule has 4 rings (SSSR count). The first-order valence-electron chi connectivity index (χ1n) is 8.83. The van der Waals surface area contributed by atoms with Crippen molar-refractivity contribution < 1.29 is 9.26 Å². The number of nitrogens with zero attached hydrogens (tertiary/aromatic N) is 4. The van der Waals surface area contributed by atoms with Crippen molar-refractivity contribution in [3.05, 3.63) is 60.2 Å². The molecule has 27 heavy (non-hydrogen) atoms. The molecule has 2 aromatic carbocycles. The molecule has 4 aromatic rings. The van der Waals surface area contributed by atoms with Crippen LogP contribution in [0.2, 0.25) is 0 Å². The van der Waals surface area contributed by atoms with Gasteiger partial charge in [-0.3, -0.25) is 4.57 Å². The van der Waals surface area contributed by atoms with Crippen molar-refractivity contribution in [2.45, 2.75) is 31.2 Å². The van der Waals surface area contributed by atoms with E-state index in [-0.39, 0.29) is 5.25 Å². The zero-order valence-electron chi connectivity index (χ0n) is 15.4. The van der Waals surface area contributed by atoms with Gasteiger partial charge in [0.1, 0.15) is 5.75 Å². The summed E-state index contributed by atoms with van der Waals surface area (Å²) in [6.07, 6.45) is 0. The summed E-state index contributed by atoms with van der Waals surface area (Å²) in [5, 5.41) is 4.76. The summed E-state index contributed by atoms with van der Waals surface area (Å²) in [6, 6.07) is 16.2. The lowest BCUT2D eigenvalue weighted by molar-refractivity contribution is 0.340. The van der Waals surface area contributed by atoms with E-state index in [2.05, 4.69) is 20.8 Å². The molecule has 0 N–H and O–H groups in total. The maximum absolute atomic E-state index is 5.56. The van der Waals surface area contributed by atoms with E-state index in [1.165, 1.54) is 0 Å². The van der Waals surface area contributed by atoms with Crippen LogP contribution in [0.5, 0.6) is 5.75 Å². The van der Waals surface area contributed by atoms with E-state index in [1.54, 1.807) is 11.8 Å². The first kappa shape index (κ1) is 17.6. The molecule has 6 nitrogen and oxygen atoms in total. The summed E-state index contributed by atoms with van der Waals surface area (Å²) in [5.41, 5.74) is 3.03. The van der Waals surface area contributed by atoms with Crippen molar-refractivity contribution in [1.82, 2.24) is 19.7 Å². The Morgan fingerprint density at radius 2 is 1.89 bits per heavy atom. The highest BCUT2D eigenvalue weighted by Crippen LogP contribution is 2.37. The van der Waals surface area contributed by atoms with Crippen molar-refractivity contribution in [2.24, 2.45) is 0 Å². The third-order valence-electron chi connectivity index (χ3n) is 4.11. The number of rotatable bonds is 6. The molecular weight excluding hydrogens is 360 g/mol. The third kappa shape index (κ3) is 3.55. The summed E-state index contributed by atoms with van der Waals surface area (Å²) < 4.78 is 13.0. The second kappa shape index (κ2) is 7.44. The predicted octanol–water partition coefficient (Wildman–Crippen LogP) is 4.97. The molecule has 0 aliphatic heterocycles. The lowest BCUT2D eigenvalue weighted by atomic mass is 10.2. The van der Waals surface area contributed by atoms with Crippen LogP contribution in [-0.2, 0) is 0 Å². The Bertz CT molecular complexity index is 1060. The molecule has 0 spiro atoms. The smallest absolute Gasteiger partial charge is 0.239 e. The van der Waals surface area contributed by atoms with Gasteiger partial charge in [0.2, 0.25) is 5.89 Å². The number of benzene rings is 2. The summed E-state index contributed by atoms with van der Waals surface area (Å²) in [7, 11) is 0. The van der Waals surface area contributed by atoms with Crippen LogP contribution in [0.15, 0.2) is 58.2 Å². The van der Waals surface area contributed by atoms with E-state index in [1.807, 2.05) is 63.2 Å². The fraction of sp³-hybridized carbons (Fsp3) is 0.250. The molecule has 7 heteroatoms. The lowest BCUT2D eigenvalue weighted by Crippen LogP contribution is -1.99. The Labute approximate surface area is 161 Å². The number of ether oxygens (including phenoxy) is 1. The minimum Gasteiger partial charge on any atom is -0.494 e. The molecule has 1 unspecified atom stereocenters. The Morgan fingerprint density at radius 1 is 1.11 bits per heavy atom. The van der Waals surface area contributed by atoms with Crippen molar-refractivity contribution >= 4 is 22.8 Å². The van der Waals surface area contributed by atoms with Crippen molar-refractivity contribution in [3.63, 3.8) is 0 Å². The summed E-state index contributed by atoms with van der Waals surface area (Å²) in [4.78, 5) is 9.17. The van der Waals surface area contributed by atoms with Crippen molar-refractivity contribution in [3.8, 4) is 11.4 Å². The lowest BCUT2D eigenvalue weighted by Gasteiger charge is -2.12. The van der Waals surface area contributed by atoms with Crippen molar-refractivity contribution in [2.75, 3.05) is 6.61 Å². The average Bonchev–Trinajstić information content (AvgIpc) is 3.26. The fourth-order valence-electron chi connectivity index (χ4n) is 2.88. The van der Waals surface area contributed by atoms with Gasteiger partial charge < -0.3 is 9.26 Å². The second-order valence-electron chi connectivity index (χ2n) is 6.09. The number of fused-ring (bicyclic) bond motifs is 1.